The van der Waals surface area contributed by atoms with Gasteiger partial charge in [0.25, 0.3) is 17.5 Å². The number of hydrogen-bond acceptors (Lipinski definition) is 4. The molecule has 0 aliphatic carbocycles. The summed E-state index contributed by atoms with van der Waals surface area (Å²) in [5.41, 5.74) is 4.46. The second-order valence-electron chi connectivity index (χ2n) is 4.75. The lowest BCUT2D eigenvalue weighted by atomic mass is 10.2. The molecule has 0 fully saturated rings. The molecule has 2 amide bonds. The Morgan fingerprint density at radius 3 is 2.44 bits per heavy atom. The number of halogens is 2. The van der Waals surface area contributed by atoms with Crippen molar-refractivity contribution in [3.63, 3.8) is 0 Å². The summed E-state index contributed by atoms with van der Waals surface area (Å²) in [6, 6.07) is 9.13. The van der Waals surface area contributed by atoms with Crippen LogP contribution in [0, 0.1) is 15.9 Å². The first-order valence-electron chi connectivity index (χ1n) is 6.85. The number of carbonyl (C=O) groups excluding carboxylic acids is 2. The summed E-state index contributed by atoms with van der Waals surface area (Å²) in [5.74, 6) is -1.82. The Morgan fingerprint density at radius 1 is 1.12 bits per heavy atom. The summed E-state index contributed by atoms with van der Waals surface area (Å²) in [6.45, 7) is 0. The van der Waals surface area contributed by atoms with Crippen molar-refractivity contribution in [2.75, 3.05) is 0 Å². The minimum absolute atomic E-state index is 0.132. The number of hydrazine groups is 1. The van der Waals surface area contributed by atoms with Crippen LogP contribution in [-0.4, -0.2) is 16.7 Å². The molecule has 0 aromatic heterocycles. The van der Waals surface area contributed by atoms with Crippen molar-refractivity contribution < 1.29 is 18.9 Å². The van der Waals surface area contributed by atoms with E-state index in [4.69, 9.17) is 0 Å². The molecule has 128 valence electrons. The highest BCUT2D eigenvalue weighted by atomic mass is 79.9. The van der Waals surface area contributed by atoms with E-state index in [1.807, 2.05) is 0 Å². The first kappa shape index (κ1) is 18.3. The summed E-state index contributed by atoms with van der Waals surface area (Å²) >= 11 is 3.19. The van der Waals surface area contributed by atoms with Crippen molar-refractivity contribution in [1.29, 1.82) is 0 Å². The number of nitro groups is 1. The quantitative estimate of drug-likeness (QED) is 0.462. The molecule has 0 saturated heterocycles. The van der Waals surface area contributed by atoms with E-state index in [1.165, 1.54) is 48.5 Å². The first-order valence-corrected chi connectivity index (χ1v) is 7.64. The van der Waals surface area contributed by atoms with Gasteiger partial charge in [0.1, 0.15) is 5.82 Å². The average molecular weight is 408 g/mol. The highest BCUT2D eigenvalue weighted by Gasteiger charge is 2.09. The Balaban J connectivity index is 1.92. The molecule has 0 atom stereocenters. The molecule has 2 rings (SSSR count). The SMILES string of the molecule is O=C(/C=C/c1cc(Br)ccc1F)NNC(=O)c1ccc([N+](=O)[O-])cc1. The van der Waals surface area contributed by atoms with Crippen LogP contribution in [0.25, 0.3) is 6.08 Å². The van der Waals surface area contributed by atoms with E-state index in [9.17, 15) is 24.1 Å². The largest absolute Gasteiger partial charge is 0.269 e. The number of nitrogens with one attached hydrogen (secondary N) is 2. The normalized spacial score (nSPS) is 10.5. The Labute approximate surface area is 149 Å². The molecule has 9 heteroatoms. The molecule has 0 unspecified atom stereocenters. The minimum atomic E-state index is -0.672. The van der Waals surface area contributed by atoms with Crippen molar-refractivity contribution in [3.8, 4) is 0 Å². The number of non-ortho nitro benzene ring substituents is 1. The van der Waals surface area contributed by atoms with Crippen molar-refractivity contribution in [1.82, 2.24) is 10.9 Å². The zero-order valence-electron chi connectivity index (χ0n) is 12.5. The summed E-state index contributed by atoms with van der Waals surface area (Å²) in [4.78, 5) is 33.4. The summed E-state index contributed by atoms with van der Waals surface area (Å²) in [7, 11) is 0. The van der Waals surface area contributed by atoms with Gasteiger partial charge in [-0.1, -0.05) is 15.9 Å². The van der Waals surface area contributed by atoms with Crippen LogP contribution >= 0.6 is 15.9 Å². The molecule has 2 aromatic carbocycles. The van der Waals surface area contributed by atoms with Gasteiger partial charge in [-0.3, -0.25) is 30.6 Å². The van der Waals surface area contributed by atoms with Gasteiger partial charge < -0.3 is 0 Å². The van der Waals surface area contributed by atoms with E-state index in [0.29, 0.717) is 4.47 Å². The minimum Gasteiger partial charge on any atom is -0.268 e. The predicted octanol–water partition coefficient (Wildman–Crippen LogP) is 2.97. The van der Waals surface area contributed by atoms with Gasteiger partial charge in [-0.25, -0.2) is 4.39 Å². The maximum absolute atomic E-state index is 13.5. The van der Waals surface area contributed by atoms with E-state index in [0.717, 1.165) is 6.08 Å². The van der Waals surface area contributed by atoms with E-state index in [-0.39, 0.29) is 16.8 Å². The van der Waals surface area contributed by atoms with Crippen molar-refractivity contribution in [2.24, 2.45) is 0 Å². The van der Waals surface area contributed by atoms with Crippen molar-refractivity contribution in [3.05, 3.63) is 80.1 Å². The fourth-order valence-electron chi connectivity index (χ4n) is 1.77. The molecule has 0 spiro atoms. The smallest absolute Gasteiger partial charge is 0.268 e. The van der Waals surface area contributed by atoms with Crippen LogP contribution in [0.1, 0.15) is 15.9 Å². The second-order valence-corrected chi connectivity index (χ2v) is 5.66. The molecule has 0 bridgehead atoms. The highest BCUT2D eigenvalue weighted by molar-refractivity contribution is 9.10. The highest BCUT2D eigenvalue weighted by Crippen LogP contribution is 2.16. The van der Waals surface area contributed by atoms with Gasteiger partial charge >= 0.3 is 0 Å². The Hall–Kier alpha value is -3.07. The Kier molecular flexibility index (Phi) is 5.96. The second kappa shape index (κ2) is 8.15. The predicted molar refractivity (Wildman–Crippen MR) is 91.8 cm³/mol. The van der Waals surface area contributed by atoms with Crippen molar-refractivity contribution >= 4 is 39.5 Å². The maximum atomic E-state index is 13.5. The lowest BCUT2D eigenvalue weighted by Crippen LogP contribution is -2.40. The molecule has 0 radical (unpaired) electrons. The number of carbonyl (C=O) groups is 2. The monoisotopic (exact) mass is 407 g/mol. The number of rotatable bonds is 4. The molecule has 0 aliphatic rings. The standard InChI is InChI=1S/C16H11BrFN3O4/c17-12-4-7-14(18)11(9-12)3-8-15(22)19-20-16(23)10-1-5-13(6-2-10)21(24)25/h1-9H,(H,19,22)(H,20,23)/b8-3+. The first-order chi connectivity index (χ1) is 11.9. The van der Waals surface area contributed by atoms with E-state index < -0.39 is 22.6 Å². The summed E-state index contributed by atoms with van der Waals surface area (Å²) in [6.07, 6.45) is 2.31. The third-order valence-corrected chi connectivity index (χ3v) is 3.51. The van der Waals surface area contributed by atoms with Gasteiger partial charge in [-0.15, -0.1) is 0 Å². The molecule has 0 aliphatic heterocycles. The Morgan fingerprint density at radius 2 is 1.80 bits per heavy atom. The van der Waals surface area contributed by atoms with E-state index in [1.54, 1.807) is 0 Å². The molecular formula is C16H11BrFN3O4. The number of hydrogen-bond donors (Lipinski definition) is 2. The van der Waals surface area contributed by atoms with Crippen LogP contribution in [-0.2, 0) is 4.79 Å². The van der Waals surface area contributed by atoms with E-state index in [2.05, 4.69) is 26.8 Å². The van der Waals surface area contributed by atoms with Gasteiger partial charge in [0.2, 0.25) is 0 Å². The van der Waals surface area contributed by atoms with Gasteiger partial charge in [0, 0.05) is 33.8 Å². The van der Waals surface area contributed by atoms with Crippen LogP contribution in [0.4, 0.5) is 10.1 Å². The number of nitro benzene ring substituents is 1. The Bertz CT molecular complexity index is 853. The zero-order valence-corrected chi connectivity index (χ0v) is 14.1. The number of amides is 2. The topological polar surface area (TPSA) is 101 Å². The zero-order chi connectivity index (χ0) is 18.4. The molecule has 0 saturated carbocycles. The summed E-state index contributed by atoms with van der Waals surface area (Å²) < 4.78 is 14.2. The lowest BCUT2D eigenvalue weighted by Gasteiger charge is -2.05. The molecule has 2 N–H and O–H groups in total. The van der Waals surface area contributed by atoms with Crippen LogP contribution in [0.5, 0.6) is 0 Å². The van der Waals surface area contributed by atoms with Crippen LogP contribution < -0.4 is 10.9 Å². The van der Waals surface area contributed by atoms with Gasteiger partial charge in [0.05, 0.1) is 4.92 Å². The van der Waals surface area contributed by atoms with Crippen LogP contribution in [0.15, 0.2) is 53.0 Å². The number of benzene rings is 2. The molecular weight excluding hydrogens is 397 g/mol. The summed E-state index contributed by atoms with van der Waals surface area (Å²) in [5, 5.41) is 10.5. The molecule has 25 heavy (non-hydrogen) atoms. The van der Waals surface area contributed by atoms with Crippen molar-refractivity contribution in [2.45, 2.75) is 0 Å². The van der Waals surface area contributed by atoms with Crippen LogP contribution in [0.3, 0.4) is 0 Å². The van der Waals surface area contributed by atoms with Gasteiger partial charge in [0.15, 0.2) is 0 Å². The third kappa shape index (κ3) is 5.21. The molecule has 2 aromatic rings. The fraction of sp³-hybridized carbons (Fsp3) is 0. The van der Waals surface area contributed by atoms with E-state index >= 15 is 0 Å². The molecule has 7 nitrogen and oxygen atoms in total. The molecule has 0 heterocycles. The van der Waals surface area contributed by atoms with Gasteiger partial charge in [-0.05, 0) is 36.4 Å². The number of nitrogens with zero attached hydrogens (tertiary/aromatic N) is 1. The third-order valence-electron chi connectivity index (χ3n) is 3.01. The maximum Gasteiger partial charge on any atom is 0.269 e. The van der Waals surface area contributed by atoms with Crippen LogP contribution in [0.2, 0.25) is 0 Å². The lowest BCUT2D eigenvalue weighted by molar-refractivity contribution is -0.384. The average Bonchev–Trinajstić information content (AvgIpc) is 2.60. The van der Waals surface area contributed by atoms with Gasteiger partial charge in [-0.2, -0.15) is 0 Å². The fourth-order valence-corrected chi connectivity index (χ4v) is 2.15.